The van der Waals surface area contributed by atoms with Gasteiger partial charge >= 0.3 is 12.0 Å². The smallest absolute Gasteiger partial charge is 0.358 e. The highest BCUT2D eigenvalue weighted by molar-refractivity contribution is 5.93. The summed E-state index contributed by atoms with van der Waals surface area (Å²) in [6.07, 6.45) is 0.654. The number of rotatable bonds is 5. The Hall–Kier alpha value is -2.25. The summed E-state index contributed by atoms with van der Waals surface area (Å²) in [5, 5.41) is 6.84. The Morgan fingerprint density at radius 2 is 2.30 bits per heavy atom. The van der Waals surface area contributed by atoms with E-state index in [9.17, 15) is 9.59 Å². The summed E-state index contributed by atoms with van der Waals surface area (Å²) in [6.45, 7) is 3.68. The molecule has 0 spiro atoms. The first kappa shape index (κ1) is 14.2. The molecule has 1 fully saturated rings. The van der Waals surface area contributed by atoms with Gasteiger partial charge < -0.3 is 20.7 Å². The number of anilines is 1. The van der Waals surface area contributed by atoms with Crippen LogP contribution in [0, 0.1) is 0 Å². The molecular formula is C12H19N5O3. The van der Waals surface area contributed by atoms with E-state index in [2.05, 4.69) is 10.4 Å². The van der Waals surface area contributed by atoms with Gasteiger partial charge in [-0.1, -0.05) is 6.92 Å². The van der Waals surface area contributed by atoms with E-state index >= 15 is 0 Å². The average Bonchev–Trinajstić information content (AvgIpc) is 2.93. The molecule has 2 rings (SSSR count). The maximum absolute atomic E-state index is 12.0. The third-order valence-electron chi connectivity index (χ3n) is 3.23. The largest absolute Gasteiger partial charge is 0.459 e. The lowest BCUT2D eigenvalue weighted by Gasteiger charge is -2.13. The number of esters is 1. The molecule has 8 nitrogen and oxygen atoms in total. The molecule has 1 aromatic heterocycles. The van der Waals surface area contributed by atoms with Crippen molar-refractivity contribution in [3.05, 3.63) is 11.4 Å². The molecule has 2 amide bonds. The quantitative estimate of drug-likeness (QED) is 0.724. The van der Waals surface area contributed by atoms with Crippen LogP contribution in [0.15, 0.2) is 0 Å². The number of hydrogen-bond donors (Lipinski definition) is 2. The SMILES string of the molecule is CCc1nn(C)c(C(=O)OCCN2CCNC2=O)c1N. The number of ether oxygens (including phenoxy) is 1. The van der Waals surface area contributed by atoms with Gasteiger partial charge in [0.1, 0.15) is 6.61 Å². The van der Waals surface area contributed by atoms with Gasteiger partial charge in [0.05, 0.1) is 17.9 Å². The Bertz CT molecular complexity index is 525. The number of hydrogen-bond acceptors (Lipinski definition) is 5. The fourth-order valence-corrected chi connectivity index (χ4v) is 2.14. The van der Waals surface area contributed by atoms with Crippen LogP contribution < -0.4 is 11.1 Å². The summed E-state index contributed by atoms with van der Waals surface area (Å²) in [7, 11) is 1.65. The van der Waals surface area contributed by atoms with E-state index in [1.807, 2.05) is 6.92 Å². The van der Waals surface area contributed by atoms with Crippen molar-refractivity contribution in [2.24, 2.45) is 7.05 Å². The second-order valence-electron chi connectivity index (χ2n) is 4.54. The Kier molecular flexibility index (Phi) is 4.11. The summed E-state index contributed by atoms with van der Waals surface area (Å²) in [6, 6.07) is -0.130. The summed E-state index contributed by atoms with van der Waals surface area (Å²) in [5.74, 6) is -0.517. The van der Waals surface area contributed by atoms with Crippen LogP contribution >= 0.6 is 0 Å². The van der Waals surface area contributed by atoms with E-state index in [0.29, 0.717) is 37.4 Å². The molecule has 8 heteroatoms. The number of aryl methyl sites for hydroxylation is 2. The Labute approximate surface area is 116 Å². The number of nitrogen functional groups attached to an aromatic ring is 1. The van der Waals surface area contributed by atoms with Crippen molar-refractivity contribution in [3.8, 4) is 0 Å². The van der Waals surface area contributed by atoms with E-state index in [0.717, 1.165) is 0 Å². The zero-order valence-corrected chi connectivity index (χ0v) is 11.7. The third-order valence-corrected chi connectivity index (χ3v) is 3.23. The van der Waals surface area contributed by atoms with Crippen molar-refractivity contribution in [1.82, 2.24) is 20.0 Å². The molecule has 0 atom stereocenters. The van der Waals surface area contributed by atoms with E-state index in [-0.39, 0.29) is 18.3 Å². The van der Waals surface area contributed by atoms with Crippen molar-refractivity contribution in [2.45, 2.75) is 13.3 Å². The maximum atomic E-state index is 12.0. The topological polar surface area (TPSA) is 102 Å². The minimum atomic E-state index is -0.517. The average molecular weight is 281 g/mol. The fraction of sp³-hybridized carbons (Fsp3) is 0.583. The molecule has 1 saturated heterocycles. The molecule has 0 aliphatic carbocycles. The zero-order chi connectivity index (χ0) is 14.7. The molecule has 0 aromatic carbocycles. The highest BCUT2D eigenvalue weighted by Gasteiger charge is 2.22. The van der Waals surface area contributed by atoms with Gasteiger partial charge in [-0.25, -0.2) is 9.59 Å². The van der Waals surface area contributed by atoms with Crippen LogP contribution in [0.3, 0.4) is 0 Å². The molecule has 0 unspecified atom stereocenters. The summed E-state index contributed by atoms with van der Waals surface area (Å²) in [5.41, 5.74) is 7.17. The van der Waals surface area contributed by atoms with Crippen molar-refractivity contribution in [2.75, 3.05) is 32.0 Å². The molecule has 0 bridgehead atoms. The zero-order valence-electron chi connectivity index (χ0n) is 11.7. The number of carbonyl (C=O) groups excluding carboxylic acids is 2. The second-order valence-corrected chi connectivity index (χ2v) is 4.54. The van der Waals surface area contributed by atoms with Crippen LogP contribution in [0.2, 0.25) is 0 Å². The number of amides is 2. The second kappa shape index (κ2) is 5.81. The number of nitrogens with one attached hydrogen (secondary N) is 1. The fourth-order valence-electron chi connectivity index (χ4n) is 2.14. The molecule has 0 radical (unpaired) electrons. The number of nitrogens with zero attached hydrogens (tertiary/aromatic N) is 3. The molecule has 110 valence electrons. The van der Waals surface area contributed by atoms with Crippen molar-refractivity contribution < 1.29 is 14.3 Å². The van der Waals surface area contributed by atoms with Crippen molar-refractivity contribution >= 4 is 17.7 Å². The van der Waals surface area contributed by atoms with Crippen LogP contribution in [-0.4, -0.2) is 52.9 Å². The third kappa shape index (κ3) is 2.68. The summed E-state index contributed by atoms with van der Waals surface area (Å²) >= 11 is 0. The highest BCUT2D eigenvalue weighted by atomic mass is 16.5. The van der Waals surface area contributed by atoms with Crippen LogP contribution in [0.1, 0.15) is 23.1 Å². The normalized spacial score (nSPS) is 14.5. The van der Waals surface area contributed by atoms with Crippen molar-refractivity contribution in [3.63, 3.8) is 0 Å². The standard InChI is InChI=1S/C12H19N5O3/c1-3-8-9(13)10(16(2)15-8)11(18)20-7-6-17-5-4-14-12(17)19/h3-7,13H2,1-2H3,(H,14,19). The lowest BCUT2D eigenvalue weighted by Crippen LogP contribution is -2.32. The molecular weight excluding hydrogens is 262 g/mol. The van der Waals surface area contributed by atoms with Crippen LogP contribution in [0.25, 0.3) is 0 Å². The van der Waals surface area contributed by atoms with Gasteiger partial charge in [-0.2, -0.15) is 5.10 Å². The van der Waals surface area contributed by atoms with Gasteiger partial charge in [0.2, 0.25) is 0 Å². The molecule has 20 heavy (non-hydrogen) atoms. The van der Waals surface area contributed by atoms with Gasteiger partial charge in [0.15, 0.2) is 5.69 Å². The first-order valence-electron chi connectivity index (χ1n) is 6.55. The molecule has 2 heterocycles. The van der Waals surface area contributed by atoms with Gasteiger partial charge in [0.25, 0.3) is 0 Å². The van der Waals surface area contributed by atoms with Gasteiger partial charge in [-0.15, -0.1) is 0 Å². The first-order valence-corrected chi connectivity index (χ1v) is 6.55. The lowest BCUT2D eigenvalue weighted by atomic mass is 10.2. The number of carbonyl (C=O) groups is 2. The highest BCUT2D eigenvalue weighted by Crippen LogP contribution is 2.17. The minimum Gasteiger partial charge on any atom is -0.459 e. The molecule has 1 aromatic rings. The number of aromatic nitrogens is 2. The van der Waals surface area contributed by atoms with E-state index in [1.54, 1.807) is 11.9 Å². The predicted molar refractivity (Wildman–Crippen MR) is 72.3 cm³/mol. The first-order chi connectivity index (χ1) is 9.54. The van der Waals surface area contributed by atoms with Crippen LogP contribution in [-0.2, 0) is 18.2 Å². The minimum absolute atomic E-state index is 0.130. The predicted octanol–water partition coefficient (Wildman–Crippen LogP) is -0.253. The van der Waals surface area contributed by atoms with Crippen LogP contribution in [0.5, 0.6) is 0 Å². The van der Waals surface area contributed by atoms with E-state index < -0.39 is 5.97 Å². The Balaban J connectivity index is 1.92. The maximum Gasteiger partial charge on any atom is 0.358 e. The molecule has 3 N–H and O–H groups in total. The Morgan fingerprint density at radius 3 is 2.85 bits per heavy atom. The summed E-state index contributed by atoms with van der Waals surface area (Å²) in [4.78, 5) is 24.9. The summed E-state index contributed by atoms with van der Waals surface area (Å²) < 4.78 is 6.59. The van der Waals surface area contributed by atoms with Crippen molar-refractivity contribution in [1.29, 1.82) is 0 Å². The monoisotopic (exact) mass is 281 g/mol. The Morgan fingerprint density at radius 1 is 1.55 bits per heavy atom. The van der Waals surface area contributed by atoms with Gasteiger partial charge in [0, 0.05) is 20.1 Å². The molecule has 1 aliphatic heterocycles. The lowest BCUT2D eigenvalue weighted by molar-refractivity contribution is 0.0470. The molecule has 1 aliphatic rings. The van der Waals surface area contributed by atoms with E-state index in [1.165, 1.54) is 4.68 Å². The number of urea groups is 1. The number of nitrogens with two attached hydrogens (primary N) is 1. The van der Waals surface area contributed by atoms with Crippen LogP contribution in [0.4, 0.5) is 10.5 Å². The van der Waals surface area contributed by atoms with E-state index in [4.69, 9.17) is 10.5 Å². The molecule has 0 saturated carbocycles. The van der Waals surface area contributed by atoms with Gasteiger partial charge in [-0.05, 0) is 6.42 Å². The van der Waals surface area contributed by atoms with Gasteiger partial charge in [-0.3, -0.25) is 4.68 Å².